The zero-order chi connectivity index (χ0) is 14.7. The van der Waals surface area contributed by atoms with Crippen LogP contribution in [0.4, 0.5) is 13.2 Å². The van der Waals surface area contributed by atoms with Gasteiger partial charge in [-0.05, 0) is 24.0 Å². The molecule has 0 saturated carbocycles. The maximum Gasteiger partial charge on any atom is 0.411 e. The molecule has 0 aromatic heterocycles. The largest absolute Gasteiger partial charge is 0.411 e. The van der Waals surface area contributed by atoms with E-state index >= 15 is 0 Å². The number of benzene rings is 1. The van der Waals surface area contributed by atoms with Gasteiger partial charge in [0.1, 0.15) is 12.2 Å². The summed E-state index contributed by atoms with van der Waals surface area (Å²) in [4.78, 5) is 0. The predicted octanol–water partition coefficient (Wildman–Crippen LogP) is 5.00. The highest BCUT2D eigenvalue weighted by Gasteiger charge is 2.34. The molecule has 19 heavy (non-hydrogen) atoms. The van der Waals surface area contributed by atoms with Crippen molar-refractivity contribution in [1.29, 1.82) is 0 Å². The predicted molar refractivity (Wildman–Crippen MR) is 73.7 cm³/mol. The first-order valence-corrected chi connectivity index (χ1v) is 7.17. The fraction of sp³-hybridized carbons (Fsp3) is 0.571. The Bertz CT molecular complexity index is 400. The summed E-state index contributed by atoms with van der Waals surface area (Å²) in [5, 5.41) is 0.303. The smallest absolute Gasteiger partial charge is 0.360 e. The van der Waals surface area contributed by atoms with Crippen LogP contribution in [-0.2, 0) is 10.3 Å². The van der Waals surface area contributed by atoms with Gasteiger partial charge in [0, 0.05) is 5.33 Å². The van der Waals surface area contributed by atoms with E-state index in [9.17, 15) is 13.2 Å². The number of halogens is 4. The topological polar surface area (TPSA) is 9.23 Å². The molecule has 108 valence electrons. The van der Waals surface area contributed by atoms with Crippen molar-refractivity contribution in [2.24, 2.45) is 0 Å². The molecule has 0 spiro atoms. The van der Waals surface area contributed by atoms with Crippen LogP contribution in [0, 0.1) is 0 Å². The van der Waals surface area contributed by atoms with E-state index in [0.29, 0.717) is 11.2 Å². The third kappa shape index (κ3) is 4.80. The van der Waals surface area contributed by atoms with Crippen molar-refractivity contribution >= 4 is 15.9 Å². The van der Waals surface area contributed by atoms with Crippen LogP contribution in [0.5, 0.6) is 0 Å². The maximum absolute atomic E-state index is 12.3. The highest BCUT2D eigenvalue weighted by Crippen LogP contribution is 2.31. The summed E-state index contributed by atoms with van der Waals surface area (Å²) >= 11 is 3.23. The van der Waals surface area contributed by atoms with Gasteiger partial charge in [0.05, 0.1) is 0 Å². The highest BCUT2D eigenvalue weighted by atomic mass is 79.9. The highest BCUT2D eigenvalue weighted by molar-refractivity contribution is 9.09. The molecule has 0 fully saturated rings. The lowest BCUT2D eigenvalue weighted by Crippen LogP contribution is -2.32. The summed E-state index contributed by atoms with van der Waals surface area (Å²) < 4.78 is 41.9. The van der Waals surface area contributed by atoms with Gasteiger partial charge in [0.25, 0.3) is 0 Å². The van der Waals surface area contributed by atoms with Gasteiger partial charge in [0.2, 0.25) is 0 Å². The van der Waals surface area contributed by atoms with Gasteiger partial charge in [-0.25, -0.2) is 0 Å². The van der Waals surface area contributed by atoms with Crippen LogP contribution < -0.4 is 0 Å². The van der Waals surface area contributed by atoms with Crippen molar-refractivity contribution in [2.45, 2.75) is 38.5 Å². The lowest BCUT2D eigenvalue weighted by atomic mass is 9.94. The summed E-state index contributed by atoms with van der Waals surface area (Å²) in [6.07, 6.45) is -4.32. The molecule has 0 radical (unpaired) electrons. The van der Waals surface area contributed by atoms with Crippen molar-refractivity contribution in [2.75, 3.05) is 11.9 Å². The average molecular weight is 339 g/mol. The Morgan fingerprint density at radius 3 is 2.05 bits per heavy atom. The quantitative estimate of drug-likeness (QED) is 0.686. The lowest BCUT2D eigenvalue weighted by molar-refractivity contribution is -0.200. The molecule has 0 aliphatic rings. The summed E-state index contributed by atoms with van der Waals surface area (Å²) in [7, 11) is 0. The summed E-state index contributed by atoms with van der Waals surface area (Å²) in [6, 6.07) is 7.51. The fourth-order valence-electron chi connectivity index (χ4n) is 1.66. The first-order chi connectivity index (χ1) is 8.68. The van der Waals surface area contributed by atoms with E-state index in [1.54, 1.807) is 6.92 Å². The SMILES string of the molecule is CC(C)c1ccc(C(C)(CBr)OCC(F)(F)F)cc1. The summed E-state index contributed by atoms with van der Waals surface area (Å²) in [5.41, 5.74) is 0.903. The Morgan fingerprint density at radius 1 is 1.16 bits per heavy atom. The van der Waals surface area contributed by atoms with E-state index in [4.69, 9.17) is 4.74 Å². The molecule has 0 saturated heterocycles. The molecule has 1 aromatic rings. The van der Waals surface area contributed by atoms with Crippen LogP contribution in [0.15, 0.2) is 24.3 Å². The minimum Gasteiger partial charge on any atom is -0.360 e. The third-order valence-corrected chi connectivity index (χ3v) is 4.07. The molecule has 1 aromatic carbocycles. The zero-order valence-corrected chi connectivity index (χ0v) is 12.8. The number of alkyl halides is 4. The van der Waals surface area contributed by atoms with Crippen LogP contribution in [0.25, 0.3) is 0 Å². The standard InChI is InChI=1S/C14H18BrF3O/c1-10(2)11-4-6-12(7-5-11)13(3,8-15)19-9-14(16,17)18/h4-7,10H,8-9H2,1-3H3. The Balaban J connectivity index is 2.88. The van der Waals surface area contributed by atoms with Crippen molar-refractivity contribution < 1.29 is 17.9 Å². The minimum absolute atomic E-state index is 0.303. The summed E-state index contributed by atoms with van der Waals surface area (Å²) in [5.74, 6) is 0.389. The number of hydrogen-bond acceptors (Lipinski definition) is 1. The molecule has 0 bridgehead atoms. The molecule has 0 amide bonds. The fourth-order valence-corrected chi connectivity index (χ4v) is 2.15. The summed E-state index contributed by atoms with van der Waals surface area (Å²) in [6.45, 7) is 4.54. The van der Waals surface area contributed by atoms with Gasteiger partial charge in [-0.15, -0.1) is 0 Å². The Labute approximate surface area is 120 Å². The molecular formula is C14H18BrF3O. The van der Waals surface area contributed by atoms with E-state index in [0.717, 1.165) is 11.1 Å². The monoisotopic (exact) mass is 338 g/mol. The van der Waals surface area contributed by atoms with Crippen molar-refractivity contribution in [1.82, 2.24) is 0 Å². The van der Waals surface area contributed by atoms with Crippen LogP contribution in [0.2, 0.25) is 0 Å². The molecule has 1 unspecified atom stereocenters. The molecular weight excluding hydrogens is 321 g/mol. The van der Waals surface area contributed by atoms with Gasteiger partial charge >= 0.3 is 6.18 Å². The van der Waals surface area contributed by atoms with Crippen molar-refractivity contribution in [3.8, 4) is 0 Å². The first-order valence-electron chi connectivity index (χ1n) is 6.05. The number of rotatable bonds is 5. The van der Waals surface area contributed by atoms with E-state index in [1.165, 1.54) is 0 Å². The van der Waals surface area contributed by atoms with Crippen LogP contribution >= 0.6 is 15.9 Å². The zero-order valence-electron chi connectivity index (χ0n) is 11.2. The first kappa shape index (κ1) is 16.5. The maximum atomic E-state index is 12.3. The van der Waals surface area contributed by atoms with E-state index in [1.807, 2.05) is 24.3 Å². The van der Waals surface area contributed by atoms with Gasteiger partial charge in [0.15, 0.2) is 0 Å². The molecule has 0 N–H and O–H groups in total. The Morgan fingerprint density at radius 2 is 1.68 bits per heavy atom. The lowest BCUT2D eigenvalue weighted by Gasteiger charge is -2.29. The second-order valence-corrected chi connectivity index (χ2v) is 5.61. The van der Waals surface area contributed by atoms with Crippen LogP contribution in [-0.4, -0.2) is 18.1 Å². The number of hydrogen-bond donors (Lipinski definition) is 0. The van der Waals surface area contributed by atoms with Crippen LogP contribution in [0.3, 0.4) is 0 Å². The molecule has 0 heterocycles. The molecule has 1 rings (SSSR count). The number of ether oxygens (including phenoxy) is 1. The second kappa shape index (κ2) is 6.27. The third-order valence-electron chi connectivity index (χ3n) is 3.00. The molecule has 5 heteroatoms. The average Bonchev–Trinajstić information content (AvgIpc) is 2.35. The Hall–Kier alpha value is -0.550. The molecule has 1 atom stereocenters. The van der Waals surface area contributed by atoms with Crippen LogP contribution in [0.1, 0.15) is 37.8 Å². The van der Waals surface area contributed by atoms with Gasteiger partial charge in [-0.1, -0.05) is 54.0 Å². The minimum atomic E-state index is -4.32. The molecule has 1 nitrogen and oxygen atoms in total. The van der Waals surface area contributed by atoms with Gasteiger partial charge in [-0.2, -0.15) is 13.2 Å². The van der Waals surface area contributed by atoms with E-state index in [2.05, 4.69) is 29.8 Å². The van der Waals surface area contributed by atoms with Gasteiger partial charge < -0.3 is 4.74 Å². The van der Waals surface area contributed by atoms with E-state index < -0.39 is 18.4 Å². The van der Waals surface area contributed by atoms with Gasteiger partial charge in [-0.3, -0.25) is 0 Å². The van der Waals surface area contributed by atoms with Crippen molar-refractivity contribution in [3.05, 3.63) is 35.4 Å². The second-order valence-electron chi connectivity index (χ2n) is 5.05. The van der Waals surface area contributed by atoms with Crippen molar-refractivity contribution in [3.63, 3.8) is 0 Å². The normalized spacial score (nSPS) is 15.6. The van der Waals surface area contributed by atoms with E-state index in [-0.39, 0.29) is 0 Å². The molecule has 0 aliphatic heterocycles. The Kier molecular flexibility index (Phi) is 5.44. The molecule has 0 aliphatic carbocycles.